The molecule has 0 saturated carbocycles. The number of unbranched alkanes of at least 4 members (excludes halogenated alkanes) is 2. The summed E-state index contributed by atoms with van der Waals surface area (Å²) in [5, 5.41) is 18.4. The summed E-state index contributed by atoms with van der Waals surface area (Å²) >= 11 is 1.94. The molecule has 0 aromatic heterocycles. The van der Waals surface area contributed by atoms with Gasteiger partial charge in [0.15, 0.2) is 6.35 Å². The Labute approximate surface area is 140 Å². The second-order valence-electron chi connectivity index (χ2n) is 5.96. The van der Waals surface area contributed by atoms with E-state index in [9.17, 15) is 14.7 Å². The highest BCUT2D eigenvalue weighted by Gasteiger charge is 2.42. The number of nitrogens with one attached hydrogen (secondary N) is 3. The molecule has 4 N–H and O–H groups in total. The van der Waals surface area contributed by atoms with Crippen molar-refractivity contribution in [2.45, 2.75) is 56.3 Å². The van der Waals surface area contributed by atoms with Crippen LogP contribution in [0.15, 0.2) is 12.2 Å². The number of rotatable bonds is 7. The van der Waals surface area contributed by atoms with E-state index in [4.69, 9.17) is 4.74 Å². The van der Waals surface area contributed by atoms with Gasteiger partial charge in [-0.1, -0.05) is 19.4 Å². The van der Waals surface area contributed by atoms with Gasteiger partial charge in [0.25, 0.3) is 5.91 Å². The van der Waals surface area contributed by atoms with Crippen LogP contribution in [0.4, 0.5) is 4.79 Å². The van der Waals surface area contributed by atoms with E-state index in [1.54, 1.807) is 0 Å². The van der Waals surface area contributed by atoms with Crippen LogP contribution < -0.4 is 16.0 Å². The Kier molecular flexibility index (Phi) is 6.88. The highest BCUT2D eigenvalue weighted by Crippen LogP contribution is 2.33. The van der Waals surface area contributed by atoms with Crippen LogP contribution in [0.2, 0.25) is 0 Å². The molecule has 130 valence electrons. The van der Waals surface area contributed by atoms with Gasteiger partial charge >= 0.3 is 6.09 Å². The van der Waals surface area contributed by atoms with Crippen molar-refractivity contribution in [1.29, 1.82) is 0 Å². The summed E-state index contributed by atoms with van der Waals surface area (Å²) in [5.41, 5.74) is 0.273. The van der Waals surface area contributed by atoms with Crippen LogP contribution in [0.3, 0.4) is 0 Å². The molecule has 0 aromatic rings. The lowest BCUT2D eigenvalue weighted by Crippen LogP contribution is -2.37. The molecule has 0 spiro atoms. The minimum atomic E-state index is -0.720. The van der Waals surface area contributed by atoms with Crippen molar-refractivity contribution in [3.8, 4) is 0 Å². The van der Waals surface area contributed by atoms with E-state index in [0.717, 1.165) is 31.4 Å². The first-order valence-electron chi connectivity index (χ1n) is 7.93. The molecule has 8 heteroatoms. The van der Waals surface area contributed by atoms with Crippen molar-refractivity contribution in [1.82, 2.24) is 16.0 Å². The number of aliphatic hydroxyl groups is 1. The lowest BCUT2D eigenvalue weighted by molar-refractivity contribution is -0.116. The molecular formula is C15H25N3O4S. The number of carbonyl (C=O) groups is 2. The molecule has 0 radical (unpaired) electrons. The van der Waals surface area contributed by atoms with Crippen LogP contribution >= 0.6 is 11.8 Å². The molecule has 2 heterocycles. The van der Waals surface area contributed by atoms with Gasteiger partial charge in [-0.25, -0.2) is 4.79 Å². The number of ether oxygens (including phenoxy) is 1. The molecule has 2 amide bonds. The zero-order valence-corrected chi connectivity index (χ0v) is 14.2. The monoisotopic (exact) mass is 343 g/mol. The van der Waals surface area contributed by atoms with Crippen LogP contribution in [0.5, 0.6) is 0 Å². The second-order valence-corrected chi connectivity index (χ2v) is 7.23. The molecule has 2 aliphatic heterocycles. The maximum absolute atomic E-state index is 11.3. The molecule has 1 unspecified atom stereocenters. The highest BCUT2D eigenvalue weighted by molar-refractivity contribution is 8.00. The van der Waals surface area contributed by atoms with Crippen LogP contribution in [0.25, 0.3) is 0 Å². The lowest BCUT2D eigenvalue weighted by atomic mass is 10.0. The molecule has 23 heavy (non-hydrogen) atoms. The summed E-state index contributed by atoms with van der Waals surface area (Å²) in [6.07, 6.45) is 2.56. The third-order valence-corrected chi connectivity index (χ3v) is 5.52. The van der Waals surface area contributed by atoms with Crippen molar-refractivity contribution in [3.05, 3.63) is 12.2 Å². The highest BCUT2D eigenvalue weighted by atomic mass is 32.2. The molecule has 0 aliphatic carbocycles. The molecule has 0 aromatic carbocycles. The van der Waals surface area contributed by atoms with Gasteiger partial charge in [-0.3, -0.25) is 20.7 Å². The number of hydrogen-bond acceptors (Lipinski definition) is 7. The third-order valence-electron chi connectivity index (χ3n) is 4.02. The van der Waals surface area contributed by atoms with Gasteiger partial charge in [0, 0.05) is 28.7 Å². The number of imide groups is 1. The SMILES string of the molecule is C=C(C)C(=O)NC(=O)OCCCCC[C@@H]1SC[C@@H]2NC(O)N[C@@H]21. The Balaban J connectivity index is 1.51. The normalized spacial score (nSPS) is 29.1. The molecular weight excluding hydrogens is 318 g/mol. The zero-order valence-electron chi connectivity index (χ0n) is 13.3. The van der Waals surface area contributed by atoms with Gasteiger partial charge in [-0.05, 0) is 19.8 Å². The topological polar surface area (TPSA) is 99.7 Å². The number of hydrogen-bond donors (Lipinski definition) is 4. The summed E-state index contributed by atoms with van der Waals surface area (Å²) in [7, 11) is 0. The van der Waals surface area contributed by atoms with Crippen LogP contribution in [0.1, 0.15) is 32.6 Å². The van der Waals surface area contributed by atoms with Crippen molar-refractivity contribution in [2.75, 3.05) is 12.4 Å². The number of carbonyl (C=O) groups excluding carboxylic acids is 2. The fourth-order valence-electron chi connectivity index (χ4n) is 2.79. The molecule has 2 rings (SSSR count). The first kappa shape index (κ1) is 18.3. The average molecular weight is 343 g/mol. The number of thioether (sulfide) groups is 1. The maximum Gasteiger partial charge on any atom is 0.414 e. The molecule has 4 atom stereocenters. The first-order chi connectivity index (χ1) is 11.0. The Morgan fingerprint density at radius 3 is 2.87 bits per heavy atom. The molecule has 2 aliphatic rings. The van der Waals surface area contributed by atoms with Crippen molar-refractivity contribution in [2.24, 2.45) is 0 Å². The largest absolute Gasteiger partial charge is 0.449 e. The van der Waals surface area contributed by atoms with E-state index >= 15 is 0 Å². The standard InChI is InChI=1S/C15H25N3O4S/c1-9(2)13(19)18-15(21)22-7-5-3-4-6-11-12-10(8-23-11)16-14(20)17-12/h10-12,14,16-17,20H,1,3-8H2,2H3,(H,18,19,21)/t10-,11-,12-,14?/m0/s1. The second kappa shape index (κ2) is 8.68. The quantitative estimate of drug-likeness (QED) is 0.399. The average Bonchev–Trinajstić information content (AvgIpc) is 3.02. The van der Waals surface area contributed by atoms with Crippen LogP contribution in [0, 0.1) is 0 Å². The maximum atomic E-state index is 11.3. The van der Waals surface area contributed by atoms with Crippen molar-refractivity contribution >= 4 is 23.8 Å². The van der Waals surface area contributed by atoms with Gasteiger partial charge in [-0.2, -0.15) is 11.8 Å². The van der Waals surface area contributed by atoms with Gasteiger partial charge in [0.2, 0.25) is 0 Å². The fourth-order valence-corrected chi connectivity index (χ4v) is 4.36. The van der Waals surface area contributed by atoms with Gasteiger partial charge in [-0.15, -0.1) is 0 Å². The minimum absolute atomic E-state index is 0.273. The lowest BCUT2D eigenvalue weighted by Gasteiger charge is -2.17. The molecule has 7 nitrogen and oxygen atoms in total. The smallest absolute Gasteiger partial charge is 0.414 e. The summed E-state index contributed by atoms with van der Waals surface area (Å²) in [4.78, 5) is 22.5. The Bertz CT molecular complexity index is 460. The Hall–Kier alpha value is -1.09. The van der Waals surface area contributed by atoms with E-state index in [0.29, 0.717) is 23.9 Å². The van der Waals surface area contributed by atoms with E-state index < -0.39 is 18.4 Å². The number of aliphatic hydroxyl groups excluding tert-OH is 1. The Morgan fingerprint density at radius 2 is 2.13 bits per heavy atom. The Morgan fingerprint density at radius 1 is 1.35 bits per heavy atom. The van der Waals surface area contributed by atoms with E-state index in [1.807, 2.05) is 11.8 Å². The van der Waals surface area contributed by atoms with Crippen molar-refractivity contribution in [3.63, 3.8) is 0 Å². The fraction of sp³-hybridized carbons (Fsp3) is 0.733. The van der Waals surface area contributed by atoms with E-state index in [1.165, 1.54) is 6.92 Å². The molecule has 2 fully saturated rings. The van der Waals surface area contributed by atoms with E-state index in [2.05, 4.69) is 22.5 Å². The predicted molar refractivity (Wildman–Crippen MR) is 88.9 cm³/mol. The minimum Gasteiger partial charge on any atom is -0.449 e. The van der Waals surface area contributed by atoms with Crippen molar-refractivity contribution < 1.29 is 19.4 Å². The number of amides is 2. The molecule has 2 saturated heterocycles. The van der Waals surface area contributed by atoms with Gasteiger partial charge in [0.05, 0.1) is 6.61 Å². The first-order valence-corrected chi connectivity index (χ1v) is 8.97. The predicted octanol–water partition coefficient (Wildman–Crippen LogP) is 0.697. The third kappa shape index (κ3) is 5.49. The molecule has 0 bridgehead atoms. The number of fused-ring (bicyclic) bond motifs is 1. The van der Waals surface area contributed by atoms with Crippen LogP contribution in [-0.4, -0.2) is 53.2 Å². The van der Waals surface area contributed by atoms with Crippen LogP contribution in [-0.2, 0) is 9.53 Å². The summed E-state index contributed by atoms with van der Waals surface area (Å²) < 4.78 is 4.95. The van der Waals surface area contributed by atoms with Gasteiger partial charge < -0.3 is 9.84 Å². The van der Waals surface area contributed by atoms with E-state index in [-0.39, 0.29) is 5.57 Å². The zero-order chi connectivity index (χ0) is 16.8. The summed E-state index contributed by atoms with van der Waals surface area (Å²) in [5.74, 6) is 0.516. The summed E-state index contributed by atoms with van der Waals surface area (Å²) in [6, 6.07) is 0.697. The van der Waals surface area contributed by atoms with Gasteiger partial charge in [0.1, 0.15) is 0 Å². The number of alkyl carbamates (subject to hydrolysis) is 1. The summed E-state index contributed by atoms with van der Waals surface area (Å²) in [6.45, 7) is 5.28.